The molecule has 0 saturated carbocycles. The maximum absolute atomic E-state index is 12.4. The average Bonchev–Trinajstić information content (AvgIpc) is 2.98. The Kier molecular flexibility index (Phi) is 4.16. The third kappa shape index (κ3) is 3.20. The first-order valence-electron chi connectivity index (χ1n) is 7.86. The molecule has 122 valence electrons. The van der Waals surface area contributed by atoms with Gasteiger partial charge in [-0.3, -0.25) is 9.59 Å². The maximum Gasteiger partial charge on any atom is 0.255 e. The standard InChI is InChI=1S/C19H19N3O2/c1-11(2)18-21-16-8-7-14(10-17(16)22-18)19(24)20-15-6-4-5-13(9-15)12(3)23/h4-11H,1-3H3,(H,20,24)(H,21,22). The molecule has 0 unspecified atom stereocenters. The summed E-state index contributed by atoms with van der Waals surface area (Å²) < 4.78 is 0. The van der Waals surface area contributed by atoms with Gasteiger partial charge in [0.2, 0.25) is 0 Å². The molecule has 5 heteroatoms. The van der Waals surface area contributed by atoms with Crippen LogP contribution in [-0.2, 0) is 0 Å². The van der Waals surface area contributed by atoms with E-state index in [1.54, 1.807) is 36.4 Å². The van der Waals surface area contributed by atoms with Crippen molar-refractivity contribution in [2.75, 3.05) is 5.32 Å². The summed E-state index contributed by atoms with van der Waals surface area (Å²) in [4.78, 5) is 31.6. The number of hydrogen-bond acceptors (Lipinski definition) is 3. The highest BCUT2D eigenvalue weighted by Crippen LogP contribution is 2.19. The second-order valence-electron chi connectivity index (χ2n) is 6.10. The minimum atomic E-state index is -0.224. The van der Waals surface area contributed by atoms with Gasteiger partial charge in [-0.05, 0) is 37.3 Å². The predicted molar refractivity (Wildman–Crippen MR) is 94.6 cm³/mol. The van der Waals surface area contributed by atoms with Gasteiger partial charge >= 0.3 is 0 Å². The van der Waals surface area contributed by atoms with E-state index in [-0.39, 0.29) is 11.7 Å². The Morgan fingerprint density at radius 2 is 1.88 bits per heavy atom. The molecule has 0 bridgehead atoms. The van der Waals surface area contributed by atoms with Crippen LogP contribution in [0.15, 0.2) is 42.5 Å². The summed E-state index contributed by atoms with van der Waals surface area (Å²) in [7, 11) is 0. The number of hydrogen-bond donors (Lipinski definition) is 2. The van der Waals surface area contributed by atoms with E-state index < -0.39 is 0 Å². The molecule has 0 aliphatic carbocycles. The van der Waals surface area contributed by atoms with Crippen LogP contribution in [0.1, 0.15) is 53.2 Å². The number of aromatic amines is 1. The summed E-state index contributed by atoms with van der Waals surface area (Å²) >= 11 is 0. The minimum absolute atomic E-state index is 0.0359. The maximum atomic E-state index is 12.4. The summed E-state index contributed by atoms with van der Waals surface area (Å²) in [5, 5.41) is 2.82. The number of nitrogens with zero attached hydrogens (tertiary/aromatic N) is 1. The van der Waals surface area contributed by atoms with E-state index >= 15 is 0 Å². The molecule has 3 rings (SSSR count). The fourth-order valence-corrected chi connectivity index (χ4v) is 2.46. The number of H-pyrrole nitrogens is 1. The number of carbonyl (C=O) groups is 2. The smallest absolute Gasteiger partial charge is 0.255 e. The number of nitrogens with one attached hydrogen (secondary N) is 2. The lowest BCUT2D eigenvalue weighted by atomic mass is 10.1. The number of anilines is 1. The molecular formula is C19H19N3O2. The van der Waals surface area contributed by atoms with Crippen LogP contribution in [0.25, 0.3) is 11.0 Å². The van der Waals surface area contributed by atoms with E-state index in [1.807, 2.05) is 6.07 Å². The highest BCUT2D eigenvalue weighted by Gasteiger charge is 2.11. The van der Waals surface area contributed by atoms with Crippen molar-refractivity contribution in [3.05, 3.63) is 59.4 Å². The molecule has 0 atom stereocenters. The quantitative estimate of drug-likeness (QED) is 0.709. The molecule has 0 fully saturated rings. The van der Waals surface area contributed by atoms with Crippen LogP contribution in [0.5, 0.6) is 0 Å². The Labute approximate surface area is 140 Å². The van der Waals surface area contributed by atoms with Gasteiger partial charge in [0.15, 0.2) is 5.78 Å². The largest absolute Gasteiger partial charge is 0.342 e. The lowest BCUT2D eigenvalue weighted by Gasteiger charge is -2.06. The molecule has 0 saturated heterocycles. The number of fused-ring (bicyclic) bond motifs is 1. The fraction of sp³-hybridized carbons (Fsp3) is 0.211. The Morgan fingerprint density at radius 1 is 1.08 bits per heavy atom. The number of amides is 1. The normalized spacial score (nSPS) is 11.0. The SMILES string of the molecule is CC(=O)c1cccc(NC(=O)c2ccc3nc(C(C)C)[nH]c3c2)c1. The number of ketones is 1. The topological polar surface area (TPSA) is 74.8 Å². The molecule has 5 nitrogen and oxygen atoms in total. The van der Waals surface area contributed by atoms with Crippen LogP contribution in [0.3, 0.4) is 0 Å². The molecule has 1 amide bonds. The van der Waals surface area contributed by atoms with Crippen LogP contribution in [0.4, 0.5) is 5.69 Å². The van der Waals surface area contributed by atoms with Gasteiger partial charge in [0.25, 0.3) is 5.91 Å². The fourth-order valence-electron chi connectivity index (χ4n) is 2.46. The lowest BCUT2D eigenvalue weighted by molar-refractivity contribution is 0.101. The number of Topliss-reactive ketones (excluding diaryl/α,β-unsaturated/α-hetero) is 1. The van der Waals surface area contributed by atoms with Crippen molar-refractivity contribution in [1.82, 2.24) is 9.97 Å². The van der Waals surface area contributed by atoms with Crippen molar-refractivity contribution in [3.63, 3.8) is 0 Å². The van der Waals surface area contributed by atoms with Gasteiger partial charge in [-0.25, -0.2) is 4.98 Å². The van der Waals surface area contributed by atoms with Crippen molar-refractivity contribution < 1.29 is 9.59 Å². The van der Waals surface area contributed by atoms with Crippen molar-refractivity contribution in [2.24, 2.45) is 0 Å². The number of rotatable bonds is 4. The molecular weight excluding hydrogens is 302 g/mol. The molecule has 1 aromatic heterocycles. The summed E-state index contributed by atoms with van der Waals surface area (Å²) in [5.41, 5.74) is 3.38. The van der Waals surface area contributed by atoms with Crippen LogP contribution in [0.2, 0.25) is 0 Å². The van der Waals surface area contributed by atoms with Gasteiger partial charge < -0.3 is 10.3 Å². The monoisotopic (exact) mass is 321 g/mol. The second-order valence-corrected chi connectivity index (χ2v) is 6.10. The van der Waals surface area contributed by atoms with Crippen molar-refractivity contribution >= 4 is 28.4 Å². The predicted octanol–water partition coefficient (Wildman–Crippen LogP) is 4.14. The zero-order valence-electron chi connectivity index (χ0n) is 13.9. The van der Waals surface area contributed by atoms with Crippen molar-refractivity contribution in [3.8, 4) is 0 Å². The van der Waals surface area contributed by atoms with Gasteiger partial charge in [-0.1, -0.05) is 26.0 Å². The Morgan fingerprint density at radius 3 is 2.58 bits per heavy atom. The van der Waals surface area contributed by atoms with Gasteiger partial charge in [0.05, 0.1) is 11.0 Å². The summed E-state index contributed by atoms with van der Waals surface area (Å²) in [5.74, 6) is 0.935. The zero-order chi connectivity index (χ0) is 17.3. The van der Waals surface area contributed by atoms with Crippen molar-refractivity contribution in [2.45, 2.75) is 26.7 Å². The molecule has 0 aliphatic heterocycles. The molecule has 0 radical (unpaired) electrons. The van der Waals surface area contributed by atoms with Crippen LogP contribution in [-0.4, -0.2) is 21.7 Å². The van der Waals surface area contributed by atoms with E-state index in [1.165, 1.54) is 6.92 Å². The van der Waals surface area contributed by atoms with E-state index in [9.17, 15) is 9.59 Å². The van der Waals surface area contributed by atoms with Crippen LogP contribution in [0, 0.1) is 0 Å². The highest BCUT2D eigenvalue weighted by molar-refractivity contribution is 6.06. The Bertz CT molecular complexity index is 925. The molecule has 0 aliphatic rings. The zero-order valence-corrected chi connectivity index (χ0v) is 13.9. The van der Waals surface area contributed by atoms with Crippen LogP contribution < -0.4 is 5.32 Å². The number of benzene rings is 2. The van der Waals surface area contributed by atoms with Crippen LogP contribution >= 0.6 is 0 Å². The van der Waals surface area contributed by atoms with Gasteiger partial charge in [-0.2, -0.15) is 0 Å². The third-order valence-electron chi connectivity index (χ3n) is 3.84. The lowest BCUT2D eigenvalue weighted by Crippen LogP contribution is -2.12. The van der Waals surface area contributed by atoms with E-state index in [0.717, 1.165) is 16.9 Å². The summed E-state index contributed by atoms with van der Waals surface area (Å²) in [6, 6.07) is 12.3. The van der Waals surface area contributed by atoms with E-state index in [0.29, 0.717) is 22.7 Å². The number of aromatic nitrogens is 2. The third-order valence-corrected chi connectivity index (χ3v) is 3.84. The molecule has 24 heavy (non-hydrogen) atoms. The highest BCUT2D eigenvalue weighted by atomic mass is 16.1. The number of carbonyl (C=O) groups excluding carboxylic acids is 2. The van der Waals surface area contributed by atoms with E-state index in [4.69, 9.17) is 0 Å². The van der Waals surface area contributed by atoms with Gasteiger partial charge in [0.1, 0.15) is 5.82 Å². The Hall–Kier alpha value is -2.95. The first-order valence-corrected chi connectivity index (χ1v) is 7.86. The summed E-state index contributed by atoms with van der Waals surface area (Å²) in [6.07, 6.45) is 0. The first-order chi connectivity index (χ1) is 11.4. The molecule has 0 spiro atoms. The van der Waals surface area contributed by atoms with Gasteiger partial charge in [-0.15, -0.1) is 0 Å². The first kappa shape index (κ1) is 15.9. The Balaban J connectivity index is 1.85. The molecule has 2 N–H and O–H groups in total. The summed E-state index contributed by atoms with van der Waals surface area (Å²) in [6.45, 7) is 5.63. The molecule has 1 heterocycles. The van der Waals surface area contributed by atoms with Crippen molar-refractivity contribution in [1.29, 1.82) is 0 Å². The average molecular weight is 321 g/mol. The minimum Gasteiger partial charge on any atom is -0.342 e. The second kappa shape index (κ2) is 6.28. The number of imidazole rings is 1. The van der Waals surface area contributed by atoms with E-state index in [2.05, 4.69) is 29.1 Å². The van der Waals surface area contributed by atoms with Gasteiger partial charge in [0, 0.05) is 22.7 Å². The molecule has 2 aromatic carbocycles. The molecule has 3 aromatic rings.